The van der Waals surface area contributed by atoms with E-state index in [2.05, 4.69) is 40.4 Å². The molecule has 0 aromatic heterocycles. The number of esters is 1. The van der Waals surface area contributed by atoms with Crippen LogP contribution in [0, 0.1) is 0 Å². The van der Waals surface area contributed by atoms with Crippen LogP contribution in [0.1, 0.15) is 33.6 Å². The largest absolute Gasteiger partial charge is 0.452 e. The summed E-state index contributed by atoms with van der Waals surface area (Å²) in [4.78, 5) is 11.2. The van der Waals surface area contributed by atoms with Gasteiger partial charge in [-0.15, -0.1) is 6.58 Å². The summed E-state index contributed by atoms with van der Waals surface area (Å²) >= 11 is 0. The monoisotopic (exact) mass is 282 g/mol. The van der Waals surface area contributed by atoms with E-state index in [0.717, 1.165) is 12.8 Å². The van der Waals surface area contributed by atoms with Gasteiger partial charge in [-0.3, -0.25) is 0 Å². The summed E-state index contributed by atoms with van der Waals surface area (Å²) in [6, 6.07) is 0. The van der Waals surface area contributed by atoms with Crippen molar-refractivity contribution >= 4 is 14.3 Å². The quantitative estimate of drug-likeness (QED) is 0.422. The molecule has 4 heteroatoms. The molecular weight excluding hydrogens is 256 g/mol. The van der Waals surface area contributed by atoms with Crippen LogP contribution < -0.4 is 0 Å². The van der Waals surface area contributed by atoms with Crippen LogP contribution in [0.3, 0.4) is 0 Å². The third-order valence-electron chi connectivity index (χ3n) is 3.95. The van der Waals surface area contributed by atoms with Crippen LogP contribution in [0.2, 0.25) is 18.1 Å². The molecule has 108 valence electrons. The molecule has 3 nitrogen and oxygen atoms in total. The predicted molar refractivity (Wildman–Crippen MR) is 80.5 cm³/mol. The summed E-state index contributed by atoms with van der Waals surface area (Å²) in [6.45, 7) is 14.8. The number of carbonyl (C=O) groups excluding carboxylic acids is 1. The predicted octanol–water partition coefficient (Wildman–Crippen LogP) is 3.82. The number of hydrogen-bond acceptors (Lipinski definition) is 3. The zero-order chi connectivity index (χ0) is 14.7. The molecule has 0 aliphatic carbocycles. The van der Waals surface area contributed by atoms with Gasteiger partial charge in [0.15, 0.2) is 8.32 Å². The van der Waals surface area contributed by atoms with Crippen molar-refractivity contribution < 1.29 is 14.0 Å². The number of cyclic esters (lactones) is 1. The van der Waals surface area contributed by atoms with Crippen LogP contribution in [-0.2, 0) is 14.0 Å². The lowest BCUT2D eigenvalue weighted by atomic mass is 10.1. The summed E-state index contributed by atoms with van der Waals surface area (Å²) < 4.78 is 11.7. The van der Waals surface area contributed by atoms with E-state index in [0.29, 0.717) is 0 Å². The Balaban J connectivity index is 2.77. The topological polar surface area (TPSA) is 35.5 Å². The minimum absolute atomic E-state index is 0.0680. The smallest absolute Gasteiger partial charge is 0.331 e. The van der Waals surface area contributed by atoms with Crippen molar-refractivity contribution in [3.05, 3.63) is 24.8 Å². The highest BCUT2D eigenvalue weighted by atomic mass is 28.4. The minimum atomic E-state index is -1.87. The maximum atomic E-state index is 11.2. The van der Waals surface area contributed by atoms with Crippen LogP contribution in [0.15, 0.2) is 24.8 Å². The summed E-state index contributed by atoms with van der Waals surface area (Å²) in [5.41, 5.74) is 0. The van der Waals surface area contributed by atoms with Crippen molar-refractivity contribution in [2.24, 2.45) is 0 Å². The molecule has 0 fully saturated rings. The average molecular weight is 282 g/mol. The van der Waals surface area contributed by atoms with Gasteiger partial charge in [0.2, 0.25) is 0 Å². The Morgan fingerprint density at radius 3 is 2.58 bits per heavy atom. The molecule has 2 atom stereocenters. The molecule has 0 saturated carbocycles. The zero-order valence-electron chi connectivity index (χ0n) is 12.7. The highest BCUT2D eigenvalue weighted by molar-refractivity contribution is 6.74. The van der Waals surface area contributed by atoms with Gasteiger partial charge >= 0.3 is 5.97 Å². The Bertz CT molecular complexity index is 366. The zero-order valence-corrected chi connectivity index (χ0v) is 13.7. The van der Waals surface area contributed by atoms with Crippen molar-refractivity contribution in [1.29, 1.82) is 0 Å². The fourth-order valence-electron chi connectivity index (χ4n) is 1.71. The van der Waals surface area contributed by atoms with E-state index in [1.807, 2.05) is 12.2 Å². The van der Waals surface area contributed by atoms with Crippen molar-refractivity contribution in [2.45, 2.75) is 64.0 Å². The Morgan fingerprint density at radius 1 is 1.53 bits per heavy atom. The van der Waals surface area contributed by atoms with Crippen LogP contribution in [-0.4, -0.2) is 26.5 Å². The number of ether oxygens (including phenoxy) is 1. The standard InChI is InChI=1S/C15H26O3Si/c1-7-8-9-13(12-10-11-14(16)17-12)18-19(5,6)15(2,3)4/h7,10-13H,1,8-9H2,2-6H3/t12-,13-/m1/s1. The lowest BCUT2D eigenvalue weighted by molar-refractivity contribution is -0.142. The number of rotatable bonds is 6. The maximum absolute atomic E-state index is 11.2. The molecule has 1 heterocycles. The molecule has 0 spiro atoms. The van der Waals surface area contributed by atoms with Crippen LogP contribution in [0.5, 0.6) is 0 Å². The van der Waals surface area contributed by atoms with Gasteiger partial charge in [0, 0.05) is 6.08 Å². The third-order valence-corrected chi connectivity index (χ3v) is 8.45. The van der Waals surface area contributed by atoms with Crippen LogP contribution in [0.4, 0.5) is 0 Å². The van der Waals surface area contributed by atoms with Gasteiger partial charge in [0.05, 0.1) is 6.10 Å². The summed E-state index contributed by atoms with van der Waals surface area (Å²) in [5.74, 6) is -0.271. The summed E-state index contributed by atoms with van der Waals surface area (Å²) in [7, 11) is -1.87. The van der Waals surface area contributed by atoms with Crippen molar-refractivity contribution in [2.75, 3.05) is 0 Å². The molecule has 0 bridgehead atoms. The Hall–Kier alpha value is -0.873. The molecule has 1 rings (SSSR count). The van der Waals surface area contributed by atoms with E-state index >= 15 is 0 Å². The lowest BCUT2D eigenvalue weighted by Gasteiger charge is -2.40. The van der Waals surface area contributed by atoms with Crippen molar-refractivity contribution in [3.8, 4) is 0 Å². The molecule has 0 amide bonds. The molecule has 0 N–H and O–H groups in total. The molecule has 0 aromatic rings. The van der Waals surface area contributed by atoms with Crippen molar-refractivity contribution in [3.63, 3.8) is 0 Å². The first-order valence-electron chi connectivity index (χ1n) is 6.85. The molecule has 1 aliphatic rings. The number of allylic oxidation sites excluding steroid dienone is 1. The number of carbonyl (C=O) groups is 1. The summed E-state index contributed by atoms with van der Waals surface area (Å²) in [6.07, 6.45) is 6.55. The van der Waals surface area contributed by atoms with Crippen LogP contribution >= 0.6 is 0 Å². The molecule has 1 aliphatic heterocycles. The lowest BCUT2D eigenvalue weighted by Crippen LogP contribution is -2.47. The first kappa shape index (κ1) is 16.2. The van der Waals surface area contributed by atoms with Gasteiger partial charge in [-0.2, -0.15) is 0 Å². The Kier molecular flexibility index (Phi) is 5.16. The fourth-order valence-corrected chi connectivity index (χ4v) is 3.08. The van der Waals surface area contributed by atoms with Gasteiger partial charge in [-0.1, -0.05) is 26.8 Å². The van der Waals surface area contributed by atoms with E-state index in [1.54, 1.807) is 0 Å². The van der Waals surface area contributed by atoms with Gasteiger partial charge < -0.3 is 9.16 Å². The van der Waals surface area contributed by atoms with E-state index in [4.69, 9.17) is 9.16 Å². The SMILES string of the molecule is C=CCC[C@@H](O[Si](C)(C)C(C)(C)C)[C@H]1C=CC(=O)O1. The number of hydrogen-bond donors (Lipinski definition) is 0. The Morgan fingerprint density at radius 2 is 2.16 bits per heavy atom. The molecule has 0 aromatic carbocycles. The van der Waals surface area contributed by atoms with Crippen molar-refractivity contribution in [1.82, 2.24) is 0 Å². The molecule has 19 heavy (non-hydrogen) atoms. The van der Waals surface area contributed by atoms with Gasteiger partial charge in [-0.25, -0.2) is 4.79 Å². The second kappa shape index (κ2) is 6.05. The molecule has 0 saturated heterocycles. The summed E-state index contributed by atoms with van der Waals surface area (Å²) in [5, 5.41) is 0.145. The van der Waals surface area contributed by atoms with Gasteiger partial charge in [-0.05, 0) is 37.0 Å². The molecule has 0 radical (unpaired) electrons. The van der Waals surface area contributed by atoms with Crippen LogP contribution in [0.25, 0.3) is 0 Å². The van der Waals surface area contributed by atoms with Gasteiger partial charge in [0.1, 0.15) is 6.10 Å². The molecular formula is C15H26O3Si. The first-order chi connectivity index (χ1) is 8.67. The minimum Gasteiger partial charge on any atom is -0.452 e. The second-order valence-corrected chi connectivity index (χ2v) is 11.3. The van der Waals surface area contributed by atoms with E-state index < -0.39 is 8.32 Å². The average Bonchev–Trinajstić information content (AvgIpc) is 2.69. The van der Waals surface area contributed by atoms with E-state index in [-0.39, 0.29) is 23.2 Å². The second-order valence-electron chi connectivity index (χ2n) is 6.54. The Labute approximate surface area is 117 Å². The highest BCUT2D eigenvalue weighted by Gasteiger charge is 2.41. The molecule has 0 unspecified atom stereocenters. The normalized spacial score (nSPS) is 21.3. The van der Waals surface area contributed by atoms with Gasteiger partial charge in [0.25, 0.3) is 0 Å². The first-order valence-corrected chi connectivity index (χ1v) is 9.76. The highest BCUT2D eigenvalue weighted by Crippen LogP contribution is 2.38. The van der Waals surface area contributed by atoms with E-state index in [1.165, 1.54) is 6.08 Å². The third kappa shape index (κ3) is 4.32. The maximum Gasteiger partial charge on any atom is 0.331 e. The fraction of sp³-hybridized carbons (Fsp3) is 0.667. The van der Waals surface area contributed by atoms with E-state index in [9.17, 15) is 4.79 Å².